The summed E-state index contributed by atoms with van der Waals surface area (Å²) < 4.78 is 5.07. The van der Waals surface area contributed by atoms with Crippen LogP contribution in [0.5, 0.6) is 0 Å². The molecule has 0 radical (unpaired) electrons. The third-order valence-electron chi connectivity index (χ3n) is 4.63. The molecule has 0 bridgehead atoms. The number of hydrogen-bond acceptors (Lipinski definition) is 4. The number of anilines is 1. The number of carbonyl (C=O) groups is 2. The smallest absolute Gasteiger partial charge is 0.410 e. The Labute approximate surface area is 153 Å². The highest BCUT2D eigenvalue weighted by molar-refractivity contribution is 6.06. The zero-order chi connectivity index (χ0) is 18.7. The average molecular weight is 353 g/mol. The van der Waals surface area contributed by atoms with E-state index < -0.39 is 0 Å². The van der Waals surface area contributed by atoms with Gasteiger partial charge in [-0.05, 0) is 49.4 Å². The maximum atomic E-state index is 12.9. The molecule has 2 amide bonds. The van der Waals surface area contributed by atoms with E-state index in [-0.39, 0.29) is 12.0 Å². The molecule has 1 aromatic heterocycles. The van der Waals surface area contributed by atoms with Crippen molar-refractivity contribution in [3.63, 3.8) is 0 Å². The number of nitrogens with one attached hydrogen (secondary N) is 1. The van der Waals surface area contributed by atoms with Gasteiger partial charge in [0.05, 0.1) is 18.7 Å². The van der Waals surface area contributed by atoms with Gasteiger partial charge in [-0.15, -0.1) is 0 Å². The minimum atomic E-state index is -0.330. The van der Waals surface area contributed by atoms with E-state index in [0.29, 0.717) is 31.7 Å². The SMILES string of the molecule is CCOC(=O)N1CCc2c(cncc2C(=O)Nc2c(C)cccc2C)C1. The largest absolute Gasteiger partial charge is 0.450 e. The maximum Gasteiger partial charge on any atom is 0.410 e. The van der Waals surface area contributed by atoms with Crippen molar-refractivity contribution in [3.05, 3.63) is 58.4 Å². The first kappa shape index (κ1) is 17.9. The molecule has 0 saturated carbocycles. The molecular weight excluding hydrogens is 330 g/mol. The van der Waals surface area contributed by atoms with E-state index in [1.807, 2.05) is 32.0 Å². The summed E-state index contributed by atoms with van der Waals surface area (Å²) in [4.78, 5) is 30.6. The quantitative estimate of drug-likeness (QED) is 0.917. The zero-order valence-electron chi connectivity index (χ0n) is 15.3. The number of nitrogens with zero attached hydrogens (tertiary/aromatic N) is 2. The van der Waals surface area contributed by atoms with Gasteiger partial charge in [-0.2, -0.15) is 0 Å². The second kappa shape index (κ2) is 7.56. The minimum absolute atomic E-state index is 0.170. The number of para-hydroxylation sites is 1. The van der Waals surface area contributed by atoms with Crippen LogP contribution in [0.4, 0.5) is 10.5 Å². The molecule has 6 heteroatoms. The second-order valence-electron chi connectivity index (χ2n) is 6.42. The molecule has 1 aliphatic rings. The number of aromatic nitrogens is 1. The molecule has 26 heavy (non-hydrogen) atoms. The fourth-order valence-corrected chi connectivity index (χ4v) is 3.25. The first-order chi connectivity index (χ1) is 12.5. The lowest BCUT2D eigenvalue weighted by molar-refractivity contribution is 0.101. The molecule has 0 aliphatic carbocycles. The van der Waals surface area contributed by atoms with E-state index in [0.717, 1.165) is 27.9 Å². The van der Waals surface area contributed by atoms with Crippen LogP contribution >= 0.6 is 0 Å². The van der Waals surface area contributed by atoms with E-state index in [9.17, 15) is 9.59 Å². The molecular formula is C20H23N3O3. The van der Waals surface area contributed by atoms with E-state index in [4.69, 9.17) is 4.74 Å². The lowest BCUT2D eigenvalue weighted by Gasteiger charge is -2.28. The Morgan fingerprint density at radius 1 is 1.23 bits per heavy atom. The van der Waals surface area contributed by atoms with E-state index >= 15 is 0 Å². The van der Waals surface area contributed by atoms with Crippen LogP contribution in [0.15, 0.2) is 30.6 Å². The molecule has 2 aromatic rings. The number of ether oxygens (including phenoxy) is 1. The van der Waals surface area contributed by atoms with Crippen molar-refractivity contribution < 1.29 is 14.3 Å². The van der Waals surface area contributed by atoms with Gasteiger partial charge in [-0.1, -0.05) is 18.2 Å². The second-order valence-corrected chi connectivity index (χ2v) is 6.42. The summed E-state index contributed by atoms with van der Waals surface area (Å²) in [5, 5.41) is 3.02. The molecule has 0 spiro atoms. The Kier molecular flexibility index (Phi) is 5.21. The molecule has 1 N–H and O–H groups in total. The van der Waals surface area contributed by atoms with Gasteiger partial charge in [0, 0.05) is 24.6 Å². The summed E-state index contributed by atoms with van der Waals surface area (Å²) in [6.45, 7) is 7.01. The van der Waals surface area contributed by atoms with Crippen LogP contribution < -0.4 is 5.32 Å². The van der Waals surface area contributed by atoms with Gasteiger partial charge in [-0.3, -0.25) is 9.78 Å². The average Bonchev–Trinajstić information content (AvgIpc) is 2.64. The third kappa shape index (κ3) is 3.54. The number of rotatable bonds is 3. The Bertz CT molecular complexity index is 828. The van der Waals surface area contributed by atoms with E-state index in [2.05, 4.69) is 10.3 Å². The van der Waals surface area contributed by atoms with Crippen molar-refractivity contribution in [1.82, 2.24) is 9.88 Å². The fraction of sp³-hybridized carbons (Fsp3) is 0.350. The molecule has 0 fully saturated rings. The van der Waals surface area contributed by atoms with Crippen molar-refractivity contribution in [2.75, 3.05) is 18.5 Å². The summed E-state index contributed by atoms with van der Waals surface area (Å²) in [6, 6.07) is 5.91. The number of amides is 2. The van der Waals surface area contributed by atoms with Crippen LogP contribution in [0.3, 0.4) is 0 Å². The fourth-order valence-electron chi connectivity index (χ4n) is 3.25. The zero-order valence-corrected chi connectivity index (χ0v) is 15.3. The molecule has 136 valence electrons. The number of fused-ring (bicyclic) bond motifs is 1. The predicted molar refractivity (Wildman–Crippen MR) is 99.2 cm³/mol. The number of carbonyl (C=O) groups excluding carboxylic acids is 2. The predicted octanol–water partition coefficient (Wildman–Crippen LogP) is 3.47. The number of benzene rings is 1. The maximum absolute atomic E-state index is 12.9. The highest BCUT2D eigenvalue weighted by Gasteiger charge is 2.25. The lowest BCUT2D eigenvalue weighted by atomic mass is 9.96. The molecule has 0 atom stereocenters. The van der Waals surface area contributed by atoms with E-state index in [1.54, 1.807) is 24.2 Å². The molecule has 0 saturated heterocycles. The summed E-state index contributed by atoms with van der Waals surface area (Å²) in [5.41, 5.74) is 5.27. The van der Waals surface area contributed by atoms with Crippen molar-refractivity contribution in [2.45, 2.75) is 33.7 Å². The van der Waals surface area contributed by atoms with Gasteiger partial charge in [0.2, 0.25) is 0 Å². The van der Waals surface area contributed by atoms with Crippen molar-refractivity contribution in [3.8, 4) is 0 Å². The molecule has 2 heterocycles. The topological polar surface area (TPSA) is 71.5 Å². The minimum Gasteiger partial charge on any atom is -0.450 e. The number of pyridine rings is 1. The molecule has 1 aliphatic heterocycles. The van der Waals surface area contributed by atoms with Gasteiger partial charge >= 0.3 is 6.09 Å². The summed E-state index contributed by atoms with van der Waals surface area (Å²) >= 11 is 0. The van der Waals surface area contributed by atoms with Crippen LogP contribution in [0, 0.1) is 13.8 Å². The Morgan fingerprint density at radius 2 is 1.96 bits per heavy atom. The lowest BCUT2D eigenvalue weighted by Crippen LogP contribution is -2.37. The standard InChI is InChI=1S/C20H23N3O3/c1-4-26-20(25)23-9-8-16-15(12-23)10-21-11-17(16)19(24)22-18-13(2)6-5-7-14(18)3/h5-7,10-11H,4,8-9,12H2,1-3H3,(H,22,24). The van der Waals surface area contributed by atoms with Gasteiger partial charge in [0.15, 0.2) is 0 Å². The Hall–Kier alpha value is -2.89. The molecule has 0 unspecified atom stereocenters. The molecule has 3 rings (SSSR count). The van der Waals surface area contributed by atoms with Crippen LogP contribution in [0.25, 0.3) is 0 Å². The van der Waals surface area contributed by atoms with Crippen molar-refractivity contribution >= 4 is 17.7 Å². The summed E-state index contributed by atoms with van der Waals surface area (Å²) in [5.74, 6) is -0.170. The van der Waals surface area contributed by atoms with E-state index in [1.165, 1.54) is 0 Å². The highest BCUT2D eigenvalue weighted by Crippen LogP contribution is 2.25. The van der Waals surface area contributed by atoms with Gasteiger partial charge in [0.25, 0.3) is 5.91 Å². The van der Waals surface area contributed by atoms with Gasteiger partial charge in [-0.25, -0.2) is 4.79 Å². The normalized spacial score (nSPS) is 13.1. The summed E-state index contributed by atoms with van der Waals surface area (Å²) in [6.07, 6.45) is 3.59. The van der Waals surface area contributed by atoms with Crippen molar-refractivity contribution in [2.24, 2.45) is 0 Å². The Balaban J connectivity index is 1.84. The first-order valence-corrected chi connectivity index (χ1v) is 8.76. The first-order valence-electron chi connectivity index (χ1n) is 8.76. The monoisotopic (exact) mass is 353 g/mol. The van der Waals surface area contributed by atoms with Gasteiger partial charge in [0.1, 0.15) is 0 Å². The summed E-state index contributed by atoms with van der Waals surface area (Å²) in [7, 11) is 0. The van der Waals surface area contributed by atoms with Crippen LogP contribution in [-0.2, 0) is 17.7 Å². The molecule has 1 aromatic carbocycles. The molecule has 6 nitrogen and oxygen atoms in total. The highest BCUT2D eigenvalue weighted by atomic mass is 16.6. The van der Waals surface area contributed by atoms with Crippen molar-refractivity contribution in [1.29, 1.82) is 0 Å². The van der Waals surface area contributed by atoms with Crippen LogP contribution in [-0.4, -0.2) is 35.0 Å². The van der Waals surface area contributed by atoms with Crippen LogP contribution in [0.1, 0.15) is 39.5 Å². The van der Waals surface area contributed by atoms with Crippen LogP contribution in [0.2, 0.25) is 0 Å². The Morgan fingerprint density at radius 3 is 2.65 bits per heavy atom. The number of hydrogen-bond donors (Lipinski definition) is 1. The van der Waals surface area contributed by atoms with Gasteiger partial charge < -0.3 is 15.0 Å². The third-order valence-corrected chi connectivity index (χ3v) is 4.63. The number of aryl methyl sites for hydroxylation is 2.